The first-order chi connectivity index (χ1) is 14.6. The Labute approximate surface area is 178 Å². The highest BCUT2D eigenvalue weighted by Gasteiger charge is 2.15. The Morgan fingerprint density at radius 3 is 2.87 bits per heavy atom. The summed E-state index contributed by atoms with van der Waals surface area (Å²) < 4.78 is 11.6. The van der Waals surface area contributed by atoms with Gasteiger partial charge in [-0.15, -0.1) is 5.10 Å². The first-order valence-electron chi connectivity index (χ1n) is 9.59. The van der Waals surface area contributed by atoms with E-state index in [2.05, 4.69) is 20.5 Å². The van der Waals surface area contributed by atoms with Gasteiger partial charge in [0.15, 0.2) is 5.82 Å². The maximum Gasteiger partial charge on any atom is 0.231 e. The number of amides is 1. The summed E-state index contributed by atoms with van der Waals surface area (Å²) in [6.45, 7) is 4.17. The molecule has 1 atom stereocenters. The van der Waals surface area contributed by atoms with Crippen molar-refractivity contribution in [1.82, 2.24) is 20.5 Å². The Balaban J connectivity index is 1.26. The molecule has 0 radical (unpaired) electrons. The second-order valence-corrected chi connectivity index (χ2v) is 7.83. The van der Waals surface area contributed by atoms with Gasteiger partial charge in [-0.05, 0) is 37.6 Å². The number of ether oxygens (including phenoxy) is 1. The molecule has 0 bridgehead atoms. The molecule has 4 rings (SSSR count). The van der Waals surface area contributed by atoms with E-state index in [4.69, 9.17) is 9.15 Å². The van der Waals surface area contributed by atoms with Crippen molar-refractivity contribution in [3.63, 3.8) is 0 Å². The van der Waals surface area contributed by atoms with Gasteiger partial charge >= 0.3 is 0 Å². The molecule has 2 aromatic carbocycles. The maximum absolute atomic E-state index is 12.3. The van der Waals surface area contributed by atoms with E-state index in [9.17, 15) is 4.79 Å². The average molecular weight is 423 g/mol. The van der Waals surface area contributed by atoms with Gasteiger partial charge in [0.25, 0.3) is 0 Å². The van der Waals surface area contributed by atoms with Crippen molar-refractivity contribution in [2.24, 2.45) is 0 Å². The van der Waals surface area contributed by atoms with E-state index in [0.717, 1.165) is 28.0 Å². The first kappa shape index (κ1) is 20.0. The maximum atomic E-state index is 12.3. The lowest BCUT2D eigenvalue weighted by Crippen LogP contribution is -2.27. The fourth-order valence-electron chi connectivity index (χ4n) is 2.97. The average Bonchev–Trinajstić information content (AvgIpc) is 3.38. The zero-order valence-corrected chi connectivity index (χ0v) is 17.5. The van der Waals surface area contributed by atoms with Crippen LogP contribution in [0.3, 0.4) is 0 Å². The predicted molar refractivity (Wildman–Crippen MR) is 115 cm³/mol. The van der Waals surface area contributed by atoms with Gasteiger partial charge in [0, 0.05) is 5.39 Å². The summed E-state index contributed by atoms with van der Waals surface area (Å²) in [6.07, 6.45) is 0. The molecule has 0 aliphatic carbocycles. The monoisotopic (exact) mass is 422 g/mol. The Bertz CT molecular complexity index is 1120. The van der Waals surface area contributed by atoms with Crippen LogP contribution in [0.1, 0.15) is 30.1 Å². The summed E-state index contributed by atoms with van der Waals surface area (Å²) >= 11 is 1.26. The number of hydrogen-bond acceptors (Lipinski definition) is 6. The van der Waals surface area contributed by atoms with Crippen LogP contribution in [0.25, 0.3) is 11.0 Å². The van der Waals surface area contributed by atoms with Crippen molar-refractivity contribution in [3.8, 4) is 5.75 Å². The van der Waals surface area contributed by atoms with Gasteiger partial charge < -0.3 is 14.5 Å². The summed E-state index contributed by atoms with van der Waals surface area (Å²) in [7, 11) is 0. The second-order valence-electron chi connectivity index (χ2n) is 6.88. The lowest BCUT2D eigenvalue weighted by atomic mass is 10.2. The molecule has 0 saturated carbocycles. The standard InChI is InChI=1S/C22H22N4O3S/c1-14-7-3-5-9-17(14)28-12-20-24-22(26-25-20)30-13-21(27)23-15(2)19-11-16-8-4-6-10-18(16)29-19/h3-11,15H,12-13H2,1-2H3,(H,23,27)(H,24,25,26). The number of rotatable bonds is 8. The Kier molecular flexibility index (Phi) is 6.04. The number of nitrogens with zero attached hydrogens (tertiary/aromatic N) is 2. The number of aryl methyl sites for hydroxylation is 1. The summed E-state index contributed by atoms with van der Waals surface area (Å²) in [4.78, 5) is 16.7. The summed E-state index contributed by atoms with van der Waals surface area (Å²) in [5.74, 6) is 2.23. The number of fused-ring (bicyclic) bond motifs is 1. The predicted octanol–water partition coefficient (Wildman–Crippen LogP) is 4.41. The normalized spacial score (nSPS) is 12.1. The van der Waals surface area contributed by atoms with Crippen LogP contribution in [0.4, 0.5) is 0 Å². The lowest BCUT2D eigenvalue weighted by Gasteiger charge is -2.10. The van der Waals surface area contributed by atoms with E-state index >= 15 is 0 Å². The van der Waals surface area contributed by atoms with E-state index in [1.165, 1.54) is 11.8 Å². The molecule has 0 aliphatic heterocycles. The van der Waals surface area contributed by atoms with Crippen LogP contribution in [-0.4, -0.2) is 26.8 Å². The molecule has 2 aromatic heterocycles. The number of para-hydroxylation sites is 2. The molecule has 1 amide bonds. The Hall–Kier alpha value is -3.26. The number of carbonyl (C=O) groups is 1. The highest BCUT2D eigenvalue weighted by atomic mass is 32.2. The molecule has 7 nitrogen and oxygen atoms in total. The smallest absolute Gasteiger partial charge is 0.231 e. The molecule has 0 aliphatic rings. The van der Waals surface area contributed by atoms with E-state index in [0.29, 0.717) is 11.0 Å². The van der Waals surface area contributed by atoms with Crippen LogP contribution in [0, 0.1) is 6.92 Å². The zero-order valence-electron chi connectivity index (χ0n) is 16.7. The van der Waals surface area contributed by atoms with Crippen LogP contribution in [0.5, 0.6) is 5.75 Å². The minimum absolute atomic E-state index is 0.115. The number of H-pyrrole nitrogens is 1. The van der Waals surface area contributed by atoms with Gasteiger partial charge in [-0.2, -0.15) is 0 Å². The summed E-state index contributed by atoms with van der Waals surface area (Å²) in [6, 6.07) is 17.3. The molecule has 2 heterocycles. The minimum Gasteiger partial charge on any atom is -0.485 e. The van der Waals surface area contributed by atoms with Gasteiger partial charge in [0.2, 0.25) is 11.1 Å². The fraction of sp³-hybridized carbons (Fsp3) is 0.227. The molecule has 0 fully saturated rings. The van der Waals surface area contributed by atoms with Crippen LogP contribution < -0.4 is 10.1 Å². The van der Waals surface area contributed by atoms with Crippen molar-refractivity contribution < 1.29 is 13.9 Å². The molecular weight excluding hydrogens is 400 g/mol. The molecule has 0 spiro atoms. The molecule has 4 aromatic rings. The SMILES string of the molecule is Cc1ccccc1OCc1nc(SCC(=O)NC(C)c2cc3ccccc3o2)n[nH]1. The second kappa shape index (κ2) is 9.04. The number of nitrogens with one attached hydrogen (secondary N) is 2. The van der Waals surface area contributed by atoms with Gasteiger partial charge in [-0.1, -0.05) is 48.2 Å². The van der Waals surface area contributed by atoms with Crippen LogP contribution in [0.15, 0.2) is 64.2 Å². The van der Waals surface area contributed by atoms with Crippen LogP contribution >= 0.6 is 11.8 Å². The van der Waals surface area contributed by atoms with Crippen molar-refractivity contribution in [2.45, 2.75) is 31.7 Å². The van der Waals surface area contributed by atoms with Gasteiger partial charge in [0.05, 0.1) is 11.8 Å². The third-order valence-electron chi connectivity index (χ3n) is 4.55. The number of benzene rings is 2. The molecule has 154 valence electrons. The number of hydrogen-bond donors (Lipinski definition) is 2. The van der Waals surface area contributed by atoms with Crippen LogP contribution in [0.2, 0.25) is 0 Å². The van der Waals surface area contributed by atoms with E-state index in [1.807, 2.05) is 68.4 Å². The van der Waals surface area contributed by atoms with Crippen molar-refractivity contribution in [1.29, 1.82) is 0 Å². The third kappa shape index (κ3) is 4.83. The fourth-order valence-corrected chi connectivity index (χ4v) is 3.60. The molecular formula is C22H22N4O3S. The molecule has 8 heteroatoms. The Morgan fingerprint density at radius 1 is 1.23 bits per heavy atom. The zero-order chi connectivity index (χ0) is 20.9. The van der Waals surface area contributed by atoms with Crippen molar-refractivity contribution in [2.75, 3.05) is 5.75 Å². The first-order valence-corrected chi connectivity index (χ1v) is 10.6. The van der Waals surface area contributed by atoms with E-state index in [1.54, 1.807) is 0 Å². The van der Waals surface area contributed by atoms with Crippen molar-refractivity contribution in [3.05, 3.63) is 71.7 Å². The van der Waals surface area contributed by atoms with Gasteiger partial charge in [0.1, 0.15) is 23.7 Å². The number of furan rings is 1. The molecule has 30 heavy (non-hydrogen) atoms. The Morgan fingerprint density at radius 2 is 2.03 bits per heavy atom. The number of thioether (sulfide) groups is 1. The van der Waals surface area contributed by atoms with Crippen LogP contribution in [-0.2, 0) is 11.4 Å². The largest absolute Gasteiger partial charge is 0.485 e. The summed E-state index contributed by atoms with van der Waals surface area (Å²) in [5, 5.41) is 11.4. The summed E-state index contributed by atoms with van der Waals surface area (Å²) in [5.41, 5.74) is 1.87. The molecule has 1 unspecified atom stereocenters. The number of aromatic amines is 1. The minimum atomic E-state index is -0.226. The van der Waals surface area contributed by atoms with E-state index < -0.39 is 0 Å². The molecule has 0 saturated heterocycles. The molecule has 2 N–H and O–H groups in total. The number of aromatic nitrogens is 3. The highest BCUT2D eigenvalue weighted by Crippen LogP contribution is 2.24. The third-order valence-corrected chi connectivity index (χ3v) is 5.40. The quantitative estimate of drug-likeness (QED) is 0.409. The topological polar surface area (TPSA) is 93.0 Å². The lowest BCUT2D eigenvalue weighted by molar-refractivity contribution is -0.119. The number of carbonyl (C=O) groups excluding carboxylic acids is 1. The van der Waals surface area contributed by atoms with Crippen molar-refractivity contribution >= 4 is 28.6 Å². The highest BCUT2D eigenvalue weighted by molar-refractivity contribution is 7.99. The van der Waals surface area contributed by atoms with Gasteiger partial charge in [-0.25, -0.2) is 4.98 Å². The van der Waals surface area contributed by atoms with E-state index in [-0.39, 0.29) is 24.3 Å². The van der Waals surface area contributed by atoms with Gasteiger partial charge in [-0.3, -0.25) is 9.89 Å².